The van der Waals surface area contributed by atoms with Gasteiger partial charge in [-0.1, -0.05) is 13.8 Å². The van der Waals surface area contributed by atoms with Crippen LogP contribution in [-0.2, 0) is 0 Å². The van der Waals surface area contributed by atoms with Gasteiger partial charge in [0.25, 0.3) is 0 Å². The molecule has 0 saturated heterocycles. The number of aryl methyl sites for hydroxylation is 1. The summed E-state index contributed by atoms with van der Waals surface area (Å²) < 4.78 is 0. The van der Waals surface area contributed by atoms with Crippen LogP contribution in [0.3, 0.4) is 0 Å². The zero-order chi connectivity index (χ0) is 14.1. The van der Waals surface area contributed by atoms with Crippen LogP contribution in [0.1, 0.15) is 62.3 Å². The third-order valence-corrected chi connectivity index (χ3v) is 5.64. The van der Waals surface area contributed by atoms with Crippen molar-refractivity contribution in [2.75, 3.05) is 6.54 Å². The minimum absolute atomic E-state index is 0.331. The van der Waals surface area contributed by atoms with Crippen molar-refractivity contribution < 1.29 is 5.11 Å². The van der Waals surface area contributed by atoms with Crippen molar-refractivity contribution in [1.82, 2.24) is 5.32 Å². The molecule has 2 N–H and O–H groups in total. The minimum Gasteiger partial charge on any atom is -0.389 e. The van der Waals surface area contributed by atoms with Gasteiger partial charge < -0.3 is 10.4 Å². The van der Waals surface area contributed by atoms with Gasteiger partial charge in [0.1, 0.15) is 0 Å². The molecule has 3 heteroatoms. The zero-order valence-electron chi connectivity index (χ0n) is 12.6. The molecule has 1 aromatic rings. The average molecular weight is 281 g/mol. The first kappa shape index (κ1) is 15.0. The number of nitrogens with one attached hydrogen (secondary N) is 1. The van der Waals surface area contributed by atoms with E-state index in [9.17, 15) is 5.11 Å². The number of hydrogen-bond acceptors (Lipinski definition) is 3. The molecule has 1 saturated carbocycles. The smallest absolute Gasteiger partial charge is 0.0772 e. The molecular weight excluding hydrogens is 254 g/mol. The summed E-state index contributed by atoms with van der Waals surface area (Å²) in [5.41, 5.74) is -0.0984. The van der Waals surface area contributed by atoms with Crippen LogP contribution < -0.4 is 5.32 Å². The van der Waals surface area contributed by atoms with Gasteiger partial charge in [0.15, 0.2) is 0 Å². The first-order valence-corrected chi connectivity index (χ1v) is 8.14. The third-order valence-electron chi connectivity index (χ3n) is 4.46. The summed E-state index contributed by atoms with van der Waals surface area (Å²) in [6, 6.07) is 4.68. The summed E-state index contributed by atoms with van der Waals surface area (Å²) in [6.07, 6.45) is 4.09. The number of rotatable bonds is 4. The van der Waals surface area contributed by atoms with Crippen molar-refractivity contribution in [3.05, 3.63) is 21.9 Å². The summed E-state index contributed by atoms with van der Waals surface area (Å²) in [6.45, 7) is 9.63. The molecule has 1 atom stereocenters. The predicted molar refractivity (Wildman–Crippen MR) is 82.7 cm³/mol. The van der Waals surface area contributed by atoms with Crippen molar-refractivity contribution >= 4 is 11.3 Å². The Morgan fingerprint density at radius 2 is 1.89 bits per heavy atom. The molecule has 1 unspecified atom stereocenters. The van der Waals surface area contributed by atoms with Crippen LogP contribution in [0, 0.1) is 12.3 Å². The number of thiophene rings is 1. The van der Waals surface area contributed by atoms with E-state index >= 15 is 0 Å². The largest absolute Gasteiger partial charge is 0.389 e. The predicted octanol–water partition coefficient (Wildman–Crippen LogP) is 4.04. The first-order valence-electron chi connectivity index (χ1n) is 7.32. The number of aliphatic hydroxyl groups is 1. The molecule has 108 valence electrons. The summed E-state index contributed by atoms with van der Waals surface area (Å²) in [4.78, 5) is 2.71. The van der Waals surface area contributed by atoms with E-state index in [2.05, 4.69) is 45.1 Å². The molecule has 0 aromatic carbocycles. The van der Waals surface area contributed by atoms with Crippen LogP contribution in [0.4, 0.5) is 0 Å². The van der Waals surface area contributed by atoms with Crippen LogP contribution in [-0.4, -0.2) is 17.3 Å². The molecule has 0 bridgehead atoms. The molecular formula is C16H27NOS. The molecule has 0 aliphatic heterocycles. The van der Waals surface area contributed by atoms with E-state index in [1.165, 1.54) is 9.75 Å². The quantitative estimate of drug-likeness (QED) is 0.873. The Bertz CT molecular complexity index is 414. The van der Waals surface area contributed by atoms with Crippen LogP contribution >= 0.6 is 11.3 Å². The van der Waals surface area contributed by atoms with Gasteiger partial charge in [-0.25, -0.2) is 0 Å². The van der Waals surface area contributed by atoms with Gasteiger partial charge in [-0.15, -0.1) is 11.3 Å². The summed E-state index contributed by atoms with van der Waals surface area (Å²) in [5.74, 6) is 0. The van der Waals surface area contributed by atoms with Crippen molar-refractivity contribution in [2.24, 2.45) is 5.41 Å². The summed E-state index contributed by atoms with van der Waals surface area (Å²) >= 11 is 1.84. The highest BCUT2D eigenvalue weighted by molar-refractivity contribution is 7.12. The summed E-state index contributed by atoms with van der Waals surface area (Å²) in [7, 11) is 0. The van der Waals surface area contributed by atoms with Crippen molar-refractivity contribution in [3.63, 3.8) is 0 Å². The zero-order valence-corrected chi connectivity index (χ0v) is 13.4. The second-order valence-corrected chi connectivity index (χ2v) is 8.26. The van der Waals surface area contributed by atoms with Crippen molar-refractivity contribution in [3.8, 4) is 0 Å². The maximum Gasteiger partial charge on any atom is 0.0772 e. The van der Waals surface area contributed by atoms with Gasteiger partial charge in [0.05, 0.1) is 5.60 Å². The highest BCUT2D eigenvalue weighted by Crippen LogP contribution is 2.40. The van der Waals surface area contributed by atoms with Crippen LogP contribution in [0.2, 0.25) is 0 Å². The molecule has 1 fully saturated rings. The lowest BCUT2D eigenvalue weighted by molar-refractivity contribution is -0.0257. The topological polar surface area (TPSA) is 32.3 Å². The average Bonchev–Trinajstić information content (AvgIpc) is 2.78. The maximum atomic E-state index is 10.6. The highest BCUT2D eigenvalue weighted by atomic mass is 32.1. The van der Waals surface area contributed by atoms with Gasteiger partial charge in [-0.3, -0.25) is 0 Å². The first-order chi connectivity index (χ1) is 8.80. The molecule has 1 aliphatic rings. The Kier molecular flexibility index (Phi) is 4.38. The van der Waals surface area contributed by atoms with Crippen LogP contribution in [0.15, 0.2) is 12.1 Å². The molecule has 0 amide bonds. The van der Waals surface area contributed by atoms with E-state index in [1.54, 1.807) is 0 Å². The Hall–Kier alpha value is -0.380. The Labute approximate surface area is 121 Å². The van der Waals surface area contributed by atoms with Gasteiger partial charge in [0, 0.05) is 22.3 Å². The molecule has 1 aliphatic carbocycles. The fourth-order valence-corrected chi connectivity index (χ4v) is 3.60. The standard InChI is InChI=1S/C16H27NOS/c1-12-5-6-14(19-12)13(2)17-11-16(18)9-7-15(3,4)8-10-16/h5-6,13,17-18H,7-11H2,1-4H3. The van der Waals surface area contributed by atoms with Crippen molar-refractivity contribution in [1.29, 1.82) is 0 Å². The SMILES string of the molecule is Cc1ccc(C(C)NCC2(O)CCC(C)(C)CC2)s1. The molecule has 1 heterocycles. The second-order valence-electron chi connectivity index (χ2n) is 6.94. The maximum absolute atomic E-state index is 10.6. The Morgan fingerprint density at radius 1 is 1.26 bits per heavy atom. The van der Waals surface area contributed by atoms with Crippen molar-refractivity contribution in [2.45, 2.75) is 65.0 Å². The van der Waals surface area contributed by atoms with E-state index in [0.29, 0.717) is 18.0 Å². The highest BCUT2D eigenvalue weighted by Gasteiger charge is 2.36. The van der Waals surface area contributed by atoms with E-state index in [-0.39, 0.29) is 0 Å². The monoisotopic (exact) mass is 281 g/mol. The lowest BCUT2D eigenvalue weighted by atomic mass is 9.71. The normalized spacial score (nSPS) is 23.2. The van der Waals surface area contributed by atoms with Gasteiger partial charge >= 0.3 is 0 Å². The fourth-order valence-electron chi connectivity index (χ4n) is 2.70. The molecule has 0 spiro atoms. The molecule has 1 aromatic heterocycles. The minimum atomic E-state index is -0.504. The Morgan fingerprint density at radius 3 is 2.42 bits per heavy atom. The molecule has 2 nitrogen and oxygen atoms in total. The molecule has 2 rings (SSSR count). The van der Waals surface area contributed by atoms with Gasteiger partial charge in [-0.05, 0) is 57.1 Å². The third kappa shape index (κ3) is 4.04. The van der Waals surface area contributed by atoms with E-state index in [0.717, 1.165) is 25.7 Å². The van der Waals surface area contributed by atoms with Gasteiger partial charge in [0.2, 0.25) is 0 Å². The Balaban J connectivity index is 1.85. The fraction of sp³-hybridized carbons (Fsp3) is 0.750. The lowest BCUT2D eigenvalue weighted by Gasteiger charge is -2.40. The number of hydrogen-bond donors (Lipinski definition) is 2. The second kappa shape index (κ2) is 5.55. The lowest BCUT2D eigenvalue weighted by Crippen LogP contribution is -2.45. The van der Waals surface area contributed by atoms with Gasteiger partial charge in [-0.2, -0.15) is 0 Å². The van der Waals surface area contributed by atoms with Crippen LogP contribution in [0.5, 0.6) is 0 Å². The van der Waals surface area contributed by atoms with E-state index < -0.39 is 5.60 Å². The van der Waals surface area contributed by atoms with E-state index in [1.807, 2.05) is 11.3 Å². The molecule has 19 heavy (non-hydrogen) atoms. The van der Waals surface area contributed by atoms with Crippen LogP contribution in [0.25, 0.3) is 0 Å². The van der Waals surface area contributed by atoms with E-state index in [4.69, 9.17) is 0 Å². The summed E-state index contributed by atoms with van der Waals surface area (Å²) in [5, 5.41) is 14.2. The molecule has 0 radical (unpaired) electrons.